The topological polar surface area (TPSA) is 68.4 Å². The zero-order valence-electron chi connectivity index (χ0n) is 12.7. The van der Waals surface area contributed by atoms with E-state index in [9.17, 15) is 8.42 Å². The van der Waals surface area contributed by atoms with Crippen molar-refractivity contribution in [3.63, 3.8) is 0 Å². The van der Waals surface area contributed by atoms with Crippen LogP contribution in [0.4, 0.5) is 0 Å². The molecule has 1 aromatic heterocycles. The summed E-state index contributed by atoms with van der Waals surface area (Å²) in [5, 5.41) is 1.28. The van der Waals surface area contributed by atoms with Crippen LogP contribution in [0.15, 0.2) is 30.5 Å². The molecular formula is C15H22N4O2S. The molecule has 0 saturated carbocycles. The van der Waals surface area contributed by atoms with Gasteiger partial charge in [0.25, 0.3) is 10.2 Å². The average molecular weight is 322 g/mol. The molecule has 0 amide bonds. The van der Waals surface area contributed by atoms with Crippen LogP contribution < -0.4 is 4.72 Å². The molecule has 0 atom stereocenters. The first-order valence-electron chi connectivity index (χ1n) is 7.56. The standard InChI is InChI=1S/C15H22N4O2S/c1-16-22(20,21)19-10-8-18(9-11-19)7-6-13-12-17-15-5-3-2-4-14(13)15/h2-5,12,16-17H,6-11H2,1H3. The molecule has 1 fully saturated rings. The van der Waals surface area contributed by atoms with Gasteiger partial charge in [0, 0.05) is 56.9 Å². The van der Waals surface area contributed by atoms with E-state index in [-0.39, 0.29) is 0 Å². The molecule has 0 aliphatic carbocycles. The highest BCUT2D eigenvalue weighted by Crippen LogP contribution is 2.18. The number of nitrogens with zero attached hydrogens (tertiary/aromatic N) is 2. The molecular weight excluding hydrogens is 300 g/mol. The molecule has 0 bridgehead atoms. The summed E-state index contributed by atoms with van der Waals surface area (Å²) in [4.78, 5) is 5.62. The van der Waals surface area contributed by atoms with Crippen LogP contribution in [0.3, 0.4) is 0 Å². The summed E-state index contributed by atoms with van der Waals surface area (Å²) in [5.74, 6) is 0. The van der Waals surface area contributed by atoms with Gasteiger partial charge in [0.1, 0.15) is 0 Å². The molecule has 1 aromatic carbocycles. The molecule has 0 unspecified atom stereocenters. The molecule has 2 N–H and O–H groups in total. The lowest BCUT2D eigenvalue weighted by Crippen LogP contribution is -2.51. The van der Waals surface area contributed by atoms with E-state index in [2.05, 4.69) is 39.0 Å². The van der Waals surface area contributed by atoms with Gasteiger partial charge in [-0.3, -0.25) is 0 Å². The van der Waals surface area contributed by atoms with E-state index in [1.54, 1.807) is 0 Å². The largest absolute Gasteiger partial charge is 0.361 e. The molecule has 1 aliphatic rings. The van der Waals surface area contributed by atoms with Crippen molar-refractivity contribution in [3.05, 3.63) is 36.0 Å². The Morgan fingerprint density at radius 3 is 2.64 bits per heavy atom. The highest BCUT2D eigenvalue weighted by molar-refractivity contribution is 7.87. The smallest absolute Gasteiger partial charge is 0.279 e. The Hall–Kier alpha value is -1.41. The molecule has 0 radical (unpaired) electrons. The van der Waals surface area contributed by atoms with Crippen LogP contribution in [-0.2, 0) is 16.6 Å². The minimum Gasteiger partial charge on any atom is -0.361 e. The van der Waals surface area contributed by atoms with E-state index in [4.69, 9.17) is 0 Å². The lowest BCUT2D eigenvalue weighted by molar-refractivity contribution is 0.189. The Morgan fingerprint density at radius 2 is 1.91 bits per heavy atom. The molecule has 2 heterocycles. The molecule has 120 valence electrons. The SMILES string of the molecule is CNS(=O)(=O)N1CCN(CCc2c[nH]c3ccccc23)CC1. The highest BCUT2D eigenvalue weighted by atomic mass is 32.2. The second-order valence-corrected chi connectivity index (χ2v) is 7.43. The first kappa shape index (κ1) is 15.5. The predicted octanol–water partition coefficient (Wildman–Crippen LogP) is 0.792. The van der Waals surface area contributed by atoms with E-state index in [0.717, 1.165) is 26.1 Å². The van der Waals surface area contributed by atoms with Crippen LogP contribution in [0.2, 0.25) is 0 Å². The Kier molecular flexibility index (Phi) is 4.49. The number of hydrogen-bond donors (Lipinski definition) is 2. The van der Waals surface area contributed by atoms with Crippen molar-refractivity contribution < 1.29 is 8.42 Å². The zero-order chi connectivity index (χ0) is 15.6. The van der Waals surface area contributed by atoms with Crippen molar-refractivity contribution in [2.75, 3.05) is 39.8 Å². The zero-order valence-corrected chi connectivity index (χ0v) is 13.6. The quantitative estimate of drug-likeness (QED) is 0.855. The van der Waals surface area contributed by atoms with Crippen molar-refractivity contribution in [1.82, 2.24) is 18.9 Å². The third-order valence-corrected chi connectivity index (χ3v) is 5.86. The number of aromatic nitrogens is 1. The van der Waals surface area contributed by atoms with E-state index in [1.165, 1.54) is 27.8 Å². The van der Waals surface area contributed by atoms with Crippen molar-refractivity contribution in [2.45, 2.75) is 6.42 Å². The van der Waals surface area contributed by atoms with E-state index < -0.39 is 10.2 Å². The number of aromatic amines is 1. The number of benzene rings is 1. The maximum Gasteiger partial charge on any atom is 0.279 e. The first-order chi connectivity index (χ1) is 10.6. The number of rotatable bonds is 5. The maximum absolute atomic E-state index is 11.7. The first-order valence-corrected chi connectivity index (χ1v) is 9.00. The van der Waals surface area contributed by atoms with Crippen LogP contribution >= 0.6 is 0 Å². The maximum atomic E-state index is 11.7. The molecule has 0 spiro atoms. The molecule has 7 heteroatoms. The summed E-state index contributed by atoms with van der Waals surface area (Å²) >= 11 is 0. The summed E-state index contributed by atoms with van der Waals surface area (Å²) in [6.07, 6.45) is 3.05. The molecule has 6 nitrogen and oxygen atoms in total. The Bertz CT molecular complexity index is 733. The minimum atomic E-state index is -3.28. The lowest BCUT2D eigenvalue weighted by Gasteiger charge is -2.33. The summed E-state index contributed by atoms with van der Waals surface area (Å²) in [5.41, 5.74) is 2.49. The van der Waals surface area contributed by atoms with Crippen LogP contribution in [-0.4, -0.2) is 62.4 Å². The number of H-pyrrole nitrogens is 1. The van der Waals surface area contributed by atoms with Gasteiger partial charge in [-0.25, -0.2) is 4.72 Å². The summed E-state index contributed by atoms with van der Waals surface area (Å²) in [7, 11) is -1.82. The molecule has 1 aliphatic heterocycles. The third-order valence-electron chi connectivity index (χ3n) is 4.30. The summed E-state index contributed by atoms with van der Waals surface area (Å²) in [6.45, 7) is 3.62. The minimum absolute atomic E-state index is 0.553. The molecule has 2 aromatic rings. The fourth-order valence-electron chi connectivity index (χ4n) is 2.94. The predicted molar refractivity (Wildman–Crippen MR) is 88.0 cm³/mol. The van der Waals surface area contributed by atoms with Gasteiger partial charge in [-0.2, -0.15) is 12.7 Å². The summed E-state index contributed by atoms with van der Waals surface area (Å²) < 4.78 is 27.4. The van der Waals surface area contributed by atoms with Gasteiger partial charge in [0.2, 0.25) is 0 Å². The Balaban J connectivity index is 1.56. The van der Waals surface area contributed by atoms with Crippen LogP contribution in [0, 0.1) is 0 Å². The monoisotopic (exact) mass is 322 g/mol. The van der Waals surface area contributed by atoms with Gasteiger partial charge in [-0.05, 0) is 18.1 Å². The third kappa shape index (κ3) is 3.17. The van der Waals surface area contributed by atoms with Gasteiger partial charge in [-0.1, -0.05) is 18.2 Å². The normalized spacial score (nSPS) is 18.0. The van der Waals surface area contributed by atoms with Gasteiger partial charge in [-0.15, -0.1) is 0 Å². The van der Waals surface area contributed by atoms with Crippen LogP contribution in [0.1, 0.15) is 5.56 Å². The van der Waals surface area contributed by atoms with E-state index in [0.29, 0.717) is 13.1 Å². The molecule has 1 saturated heterocycles. The van der Waals surface area contributed by atoms with Crippen molar-refractivity contribution >= 4 is 21.1 Å². The second-order valence-electron chi connectivity index (χ2n) is 5.56. The highest BCUT2D eigenvalue weighted by Gasteiger charge is 2.25. The van der Waals surface area contributed by atoms with E-state index in [1.807, 2.05) is 6.07 Å². The Morgan fingerprint density at radius 1 is 1.18 bits per heavy atom. The fourth-order valence-corrected chi connectivity index (χ4v) is 3.84. The van der Waals surface area contributed by atoms with Crippen LogP contribution in [0.5, 0.6) is 0 Å². The van der Waals surface area contributed by atoms with Crippen LogP contribution in [0.25, 0.3) is 10.9 Å². The van der Waals surface area contributed by atoms with Gasteiger partial charge in [0.05, 0.1) is 0 Å². The number of piperazine rings is 1. The van der Waals surface area contributed by atoms with Gasteiger partial charge < -0.3 is 9.88 Å². The Labute approximate surface area is 131 Å². The number of hydrogen-bond acceptors (Lipinski definition) is 3. The molecule has 22 heavy (non-hydrogen) atoms. The van der Waals surface area contributed by atoms with Crippen molar-refractivity contribution in [2.24, 2.45) is 0 Å². The number of para-hydroxylation sites is 1. The van der Waals surface area contributed by atoms with Gasteiger partial charge >= 0.3 is 0 Å². The van der Waals surface area contributed by atoms with E-state index >= 15 is 0 Å². The lowest BCUT2D eigenvalue weighted by atomic mass is 10.1. The average Bonchev–Trinajstić information content (AvgIpc) is 2.96. The summed E-state index contributed by atoms with van der Waals surface area (Å²) in [6, 6.07) is 8.31. The number of fused-ring (bicyclic) bond motifs is 1. The number of nitrogens with one attached hydrogen (secondary N) is 2. The van der Waals surface area contributed by atoms with Crippen molar-refractivity contribution in [1.29, 1.82) is 0 Å². The molecule has 3 rings (SSSR count). The van der Waals surface area contributed by atoms with Crippen molar-refractivity contribution in [3.8, 4) is 0 Å². The van der Waals surface area contributed by atoms with Gasteiger partial charge in [0.15, 0.2) is 0 Å². The second kappa shape index (κ2) is 6.37. The fraction of sp³-hybridized carbons (Fsp3) is 0.467.